The van der Waals surface area contributed by atoms with Crippen molar-refractivity contribution in [3.8, 4) is 0 Å². The average Bonchev–Trinajstić information content (AvgIpc) is 2.86. The van der Waals surface area contributed by atoms with Crippen LogP contribution in [0.2, 0.25) is 0 Å². The summed E-state index contributed by atoms with van der Waals surface area (Å²) in [4.78, 5) is 0. The molecule has 1 aromatic heterocycles. The van der Waals surface area contributed by atoms with Crippen LogP contribution in [0, 0.1) is 5.41 Å². The van der Waals surface area contributed by atoms with Gasteiger partial charge in [0, 0.05) is 6.54 Å². The number of rotatable bonds is 4. The van der Waals surface area contributed by atoms with E-state index < -0.39 is 15.6 Å². The zero-order valence-corrected chi connectivity index (χ0v) is 13.0. The third kappa shape index (κ3) is 3.78. The Bertz CT molecular complexity index is 510. The molecule has 6 heteroatoms. The molecular formula is C13H21NO3S2. The van der Waals surface area contributed by atoms with Gasteiger partial charge in [0.15, 0.2) is 0 Å². The number of hydrogen-bond acceptors (Lipinski definition) is 4. The van der Waals surface area contributed by atoms with Gasteiger partial charge < -0.3 is 5.11 Å². The van der Waals surface area contributed by atoms with E-state index in [0.29, 0.717) is 17.1 Å². The highest BCUT2D eigenvalue weighted by atomic mass is 32.2. The minimum Gasteiger partial charge on any atom is -0.389 e. The molecule has 0 aliphatic heterocycles. The van der Waals surface area contributed by atoms with E-state index in [9.17, 15) is 13.5 Å². The summed E-state index contributed by atoms with van der Waals surface area (Å²) in [5.41, 5.74) is -0.654. The summed E-state index contributed by atoms with van der Waals surface area (Å²) in [6.07, 6.45) is 3.13. The van der Waals surface area contributed by atoms with E-state index in [-0.39, 0.29) is 12.0 Å². The van der Waals surface area contributed by atoms with Gasteiger partial charge >= 0.3 is 0 Å². The minimum atomic E-state index is -3.47. The van der Waals surface area contributed by atoms with Crippen molar-refractivity contribution < 1.29 is 13.5 Å². The van der Waals surface area contributed by atoms with Gasteiger partial charge in [-0.05, 0) is 42.5 Å². The Morgan fingerprint density at radius 3 is 2.47 bits per heavy atom. The molecule has 1 aliphatic carbocycles. The number of aliphatic hydroxyl groups is 1. The van der Waals surface area contributed by atoms with E-state index in [1.54, 1.807) is 17.5 Å². The summed E-state index contributed by atoms with van der Waals surface area (Å²) >= 11 is 1.18. The molecule has 4 nitrogen and oxygen atoms in total. The van der Waals surface area contributed by atoms with Crippen molar-refractivity contribution in [1.29, 1.82) is 0 Å². The fourth-order valence-electron chi connectivity index (χ4n) is 2.29. The van der Waals surface area contributed by atoms with Crippen LogP contribution in [0.1, 0.15) is 39.5 Å². The fraction of sp³-hybridized carbons (Fsp3) is 0.692. The molecule has 0 atom stereocenters. The summed E-state index contributed by atoms with van der Waals surface area (Å²) in [6, 6.07) is 3.28. The van der Waals surface area contributed by atoms with Crippen LogP contribution in [0.15, 0.2) is 21.7 Å². The highest BCUT2D eigenvalue weighted by Crippen LogP contribution is 2.39. The molecule has 2 N–H and O–H groups in total. The van der Waals surface area contributed by atoms with Crippen molar-refractivity contribution in [2.75, 3.05) is 6.54 Å². The van der Waals surface area contributed by atoms with E-state index in [4.69, 9.17) is 0 Å². The van der Waals surface area contributed by atoms with Crippen LogP contribution in [-0.4, -0.2) is 25.7 Å². The van der Waals surface area contributed by atoms with Crippen LogP contribution in [0.3, 0.4) is 0 Å². The smallest absolute Gasteiger partial charge is 0.250 e. The van der Waals surface area contributed by atoms with Gasteiger partial charge in [-0.1, -0.05) is 19.9 Å². The maximum Gasteiger partial charge on any atom is 0.250 e. The molecule has 1 aromatic rings. The number of thiophene rings is 1. The molecule has 108 valence electrons. The maximum absolute atomic E-state index is 12.0. The lowest BCUT2D eigenvalue weighted by Gasteiger charge is -2.40. The van der Waals surface area contributed by atoms with Gasteiger partial charge in [0.25, 0.3) is 0 Å². The largest absolute Gasteiger partial charge is 0.389 e. The second-order valence-electron chi connectivity index (χ2n) is 6.15. The Labute approximate surface area is 118 Å². The van der Waals surface area contributed by atoms with Crippen molar-refractivity contribution in [3.63, 3.8) is 0 Å². The second-order valence-corrected chi connectivity index (χ2v) is 9.09. The van der Waals surface area contributed by atoms with Crippen molar-refractivity contribution in [1.82, 2.24) is 4.72 Å². The summed E-state index contributed by atoms with van der Waals surface area (Å²) in [5, 5.41) is 12.2. The molecule has 0 bridgehead atoms. The second kappa shape index (κ2) is 5.16. The SMILES string of the molecule is CC1(C)CCC(O)(CNS(=O)(=O)c2cccs2)CC1. The fourth-order valence-corrected chi connectivity index (χ4v) is 4.44. The number of nitrogens with one attached hydrogen (secondary N) is 1. The van der Waals surface area contributed by atoms with Crippen LogP contribution < -0.4 is 4.72 Å². The lowest BCUT2D eigenvalue weighted by atomic mass is 9.71. The van der Waals surface area contributed by atoms with E-state index in [1.165, 1.54) is 11.3 Å². The Morgan fingerprint density at radius 1 is 1.32 bits per heavy atom. The summed E-state index contributed by atoms with van der Waals surface area (Å²) in [5.74, 6) is 0. The zero-order valence-electron chi connectivity index (χ0n) is 11.3. The molecule has 0 amide bonds. The van der Waals surface area contributed by atoms with Crippen LogP contribution in [0.25, 0.3) is 0 Å². The first-order valence-corrected chi connectivity index (χ1v) is 8.84. The Kier molecular flexibility index (Phi) is 4.07. The van der Waals surface area contributed by atoms with E-state index >= 15 is 0 Å². The van der Waals surface area contributed by atoms with Gasteiger partial charge in [0.05, 0.1) is 5.60 Å². The molecule has 1 heterocycles. The van der Waals surface area contributed by atoms with Gasteiger partial charge in [0.1, 0.15) is 4.21 Å². The topological polar surface area (TPSA) is 66.4 Å². The summed E-state index contributed by atoms with van der Waals surface area (Å²) < 4.78 is 26.8. The van der Waals surface area contributed by atoms with Crippen LogP contribution in [-0.2, 0) is 10.0 Å². The van der Waals surface area contributed by atoms with Gasteiger partial charge in [-0.2, -0.15) is 0 Å². The molecular weight excluding hydrogens is 282 g/mol. The Hall–Kier alpha value is -0.430. The van der Waals surface area contributed by atoms with Crippen LogP contribution in [0.5, 0.6) is 0 Å². The zero-order chi connectivity index (χ0) is 14.1. The molecule has 19 heavy (non-hydrogen) atoms. The third-order valence-corrected chi connectivity index (χ3v) is 6.68. The summed E-state index contributed by atoms with van der Waals surface area (Å²) in [7, 11) is -3.47. The van der Waals surface area contributed by atoms with Crippen molar-refractivity contribution in [2.45, 2.75) is 49.3 Å². The molecule has 1 saturated carbocycles. The maximum atomic E-state index is 12.0. The van der Waals surface area contributed by atoms with Crippen molar-refractivity contribution in [2.24, 2.45) is 5.41 Å². The molecule has 0 aromatic carbocycles. The standard InChI is InChI=1S/C13H21NO3S2/c1-12(2)5-7-13(15,8-6-12)10-14-19(16,17)11-4-3-9-18-11/h3-4,9,14-15H,5-8,10H2,1-2H3. The number of hydrogen-bond donors (Lipinski definition) is 2. The van der Waals surface area contributed by atoms with Crippen LogP contribution >= 0.6 is 11.3 Å². The molecule has 1 fully saturated rings. The quantitative estimate of drug-likeness (QED) is 0.897. The monoisotopic (exact) mass is 303 g/mol. The normalized spacial score (nSPS) is 22.3. The van der Waals surface area contributed by atoms with Crippen LogP contribution in [0.4, 0.5) is 0 Å². The lowest BCUT2D eigenvalue weighted by Crippen LogP contribution is -2.46. The van der Waals surface area contributed by atoms with Crippen molar-refractivity contribution in [3.05, 3.63) is 17.5 Å². The minimum absolute atomic E-state index is 0.101. The van der Waals surface area contributed by atoms with Gasteiger partial charge in [0.2, 0.25) is 10.0 Å². The lowest BCUT2D eigenvalue weighted by molar-refractivity contribution is -0.0205. The van der Waals surface area contributed by atoms with Gasteiger partial charge in [-0.3, -0.25) is 0 Å². The van der Waals surface area contributed by atoms with E-state index in [1.807, 2.05) is 0 Å². The predicted molar refractivity (Wildman–Crippen MR) is 76.7 cm³/mol. The average molecular weight is 303 g/mol. The Balaban J connectivity index is 1.96. The highest BCUT2D eigenvalue weighted by Gasteiger charge is 2.37. The summed E-state index contributed by atoms with van der Waals surface area (Å²) in [6.45, 7) is 4.47. The van der Waals surface area contributed by atoms with Crippen molar-refractivity contribution >= 4 is 21.4 Å². The Morgan fingerprint density at radius 2 is 1.95 bits per heavy atom. The van der Waals surface area contributed by atoms with Gasteiger partial charge in [-0.15, -0.1) is 11.3 Å². The molecule has 0 radical (unpaired) electrons. The van der Waals surface area contributed by atoms with E-state index in [2.05, 4.69) is 18.6 Å². The molecule has 1 aliphatic rings. The number of sulfonamides is 1. The third-order valence-electron chi connectivity index (χ3n) is 3.89. The molecule has 0 spiro atoms. The van der Waals surface area contributed by atoms with Gasteiger partial charge in [-0.25, -0.2) is 13.1 Å². The molecule has 2 rings (SSSR count). The first kappa shape index (κ1) is 15.0. The first-order chi connectivity index (χ1) is 8.73. The molecule has 0 unspecified atom stereocenters. The van der Waals surface area contributed by atoms with E-state index in [0.717, 1.165) is 12.8 Å². The predicted octanol–water partition coefficient (Wildman–Crippen LogP) is 2.36. The highest BCUT2D eigenvalue weighted by molar-refractivity contribution is 7.91. The first-order valence-electron chi connectivity index (χ1n) is 6.48. The molecule has 0 saturated heterocycles.